The summed E-state index contributed by atoms with van der Waals surface area (Å²) in [4.78, 5) is 37.1. The van der Waals surface area contributed by atoms with Gasteiger partial charge in [0.25, 0.3) is 5.91 Å². The summed E-state index contributed by atoms with van der Waals surface area (Å²) >= 11 is 3.43. The van der Waals surface area contributed by atoms with Gasteiger partial charge in [-0.25, -0.2) is 19.4 Å². The predicted octanol–water partition coefficient (Wildman–Crippen LogP) is 4.90. The van der Waals surface area contributed by atoms with Crippen LogP contribution >= 0.6 is 15.9 Å². The number of nitrogens with zero attached hydrogens (tertiary/aromatic N) is 1. The molecule has 0 unspecified atom stereocenters. The van der Waals surface area contributed by atoms with E-state index in [2.05, 4.69) is 37.1 Å². The number of carbonyl (C=O) groups is 3. The van der Waals surface area contributed by atoms with E-state index in [9.17, 15) is 18.8 Å². The molecule has 0 saturated heterocycles. The fourth-order valence-electron chi connectivity index (χ4n) is 4.25. The molecule has 1 aliphatic rings. The van der Waals surface area contributed by atoms with E-state index in [0.29, 0.717) is 32.6 Å². The number of carbonyl (C=O) groups excluding carboxylic acids is 3. The lowest BCUT2D eigenvalue weighted by Crippen LogP contribution is -2.45. The van der Waals surface area contributed by atoms with Gasteiger partial charge in [0, 0.05) is 11.3 Å². The van der Waals surface area contributed by atoms with Crippen LogP contribution in [0.5, 0.6) is 17.2 Å². The number of amides is 3. The highest BCUT2D eigenvalue weighted by Crippen LogP contribution is 2.34. The van der Waals surface area contributed by atoms with Crippen molar-refractivity contribution >= 4 is 40.1 Å². The summed E-state index contributed by atoms with van der Waals surface area (Å²) in [6, 6.07) is 15.1. The number of hydrazone groups is 1. The van der Waals surface area contributed by atoms with Crippen LogP contribution in [0.4, 0.5) is 9.18 Å². The molecule has 4 rings (SSSR count). The number of benzene rings is 3. The minimum Gasteiger partial charge on any atom is -0.493 e. The van der Waals surface area contributed by atoms with Crippen LogP contribution in [-0.2, 0) is 20.9 Å². The summed E-state index contributed by atoms with van der Waals surface area (Å²) < 4.78 is 36.4. The van der Waals surface area contributed by atoms with E-state index < -0.39 is 23.9 Å². The van der Waals surface area contributed by atoms with Crippen molar-refractivity contribution in [1.29, 1.82) is 0 Å². The fraction of sp³-hybridized carbons (Fsp3) is 0.226. The van der Waals surface area contributed by atoms with Gasteiger partial charge in [-0.15, -0.1) is 0 Å². The summed E-state index contributed by atoms with van der Waals surface area (Å²) in [5.41, 5.74) is 4.70. The highest BCUT2D eigenvalue weighted by molar-refractivity contribution is 9.10. The smallest absolute Gasteiger partial charge is 0.338 e. The zero-order valence-corrected chi connectivity index (χ0v) is 25.7. The van der Waals surface area contributed by atoms with Crippen molar-refractivity contribution in [3.63, 3.8) is 0 Å². The number of hydrogen-bond donors (Lipinski definition) is 3. The van der Waals surface area contributed by atoms with Crippen molar-refractivity contribution in [3.8, 4) is 17.2 Å². The average molecular weight is 670 g/mol. The lowest BCUT2D eigenvalue weighted by atomic mass is 9.95. The van der Waals surface area contributed by atoms with Crippen LogP contribution in [0.1, 0.15) is 36.6 Å². The van der Waals surface area contributed by atoms with E-state index in [-0.39, 0.29) is 42.7 Å². The fourth-order valence-corrected chi connectivity index (χ4v) is 4.76. The van der Waals surface area contributed by atoms with Gasteiger partial charge >= 0.3 is 12.0 Å². The van der Waals surface area contributed by atoms with E-state index >= 15 is 0 Å². The molecular weight excluding hydrogens is 639 g/mol. The molecule has 230 valence electrons. The standard InChI is InChI=1S/C31H30BrFN4O7/c1-4-42-30(39)28-18(2)35-31(40)36-29(28)20-10-12-25(26(14-20)41-3)44-17-27(38)37-34-15-19-9-11-24(22(32)13-19)43-16-21-7-5-6-8-23(21)33/h5-15,29H,4,16-17H2,1-3H3,(H,37,38)(H2,35,36,40)/b34-15-/t29-/m1/s1. The number of nitrogens with one attached hydrogen (secondary N) is 3. The van der Waals surface area contributed by atoms with Gasteiger partial charge in [-0.1, -0.05) is 24.3 Å². The van der Waals surface area contributed by atoms with Crippen molar-refractivity contribution in [2.45, 2.75) is 26.5 Å². The van der Waals surface area contributed by atoms with Crippen LogP contribution in [0.3, 0.4) is 0 Å². The molecule has 11 nitrogen and oxygen atoms in total. The number of hydrogen-bond acceptors (Lipinski definition) is 8. The minimum atomic E-state index is -0.782. The molecule has 0 fully saturated rings. The molecule has 3 aromatic carbocycles. The Bertz CT molecular complexity index is 1610. The van der Waals surface area contributed by atoms with E-state index in [4.69, 9.17) is 18.9 Å². The largest absolute Gasteiger partial charge is 0.493 e. The lowest BCUT2D eigenvalue weighted by molar-refractivity contribution is -0.139. The zero-order chi connectivity index (χ0) is 31.6. The Labute approximate surface area is 261 Å². The van der Waals surface area contributed by atoms with E-state index in [0.717, 1.165) is 0 Å². The first-order valence-electron chi connectivity index (χ1n) is 13.4. The Hall–Kier alpha value is -4.91. The SMILES string of the molecule is CCOC(=O)C1=C(C)NC(=O)N[C@@H]1c1ccc(OCC(=O)N/N=C\c2ccc(OCc3ccccc3F)c(Br)c2)c(OC)c1. The van der Waals surface area contributed by atoms with E-state index in [1.807, 2.05) is 0 Å². The van der Waals surface area contributed by atoms with Gasteiger partial charge in [-0.05, 0) is 77.3 Å². The molecule has 1 atom stereocenters. The van der Waals surface area contributed by atoms with Gasteiger partial charge in [0.15, 0.2) is 18.1 Å². The number of esters is 1. The molecule has 1 aliphatic heterocycles. The molecule has 0 radical (unpaired) electrons. The normalized spacial score (nSPS) is 14.5. The molecule has 0 aliphatic carbocycles. The molecule has 0 bridgehead atoms. The Kier molecular flexibility index (Phi) is 10.9. The second kappa shape index (κ2) is 15.0. The van der Waals surface area contributed by atoms with Gasteiger partial charge in [0.1, 0.15) is 18.2 Å². The van der Waals surface area contributed by atoms with Crippen molar-refractivity contribution in [2.24, 2.45) is 5.10 Å². The van der Waals surface area contributed by atoms with Crippen LogP contribution in [0.2, 0.25) is 0 Å². The van der Waals surface area contributed by atoms with Gasteiger partial charge in [-0.3, -0.25) is 4.79 Å². The van der Waals surface area contributed by atoms with Crippen molar-refractivity contribution in [1.82, 2.24) is 16.1 Å². The maximum Gasteiger partial charge on any atom is 0.338 e. The molecule has 3 aromatic rings. The van der Waals surface area contributed by atoms with Gasteiger partial charge in [0.2, 0.25) is 0 Å². The zero-order valence-electron chi connectivity index (χ0n) is 24.1. The maximum absolute atomic E-state index is 13.8. The van der Waals surface area contributed by atoms with Crippen molar-refractivity contribution in [2.75, 3.05) is 20.3 Å². The second-order valence-corrected chi connectivity index (χ2v) is 10.2. The number of ether oxygens (including phenoxy) is 4. The molecule has 3 N–H and O–H groups in total. The first kappa shape index (κ1) is 32.0. The molecule has 3 amide bonds. The Morgan fingerprint density at radius 3 is 2.57 bits per heavy atom. The van der Waals surface area contributed by atoms with Crippen molar-refractivity contribution < 1.29 is 37.7 Å². The van der Waals surface area contributed by atoms with Crippen LogP contribution in [0.15, 0.2) is 81.5 Å². The average Bonchev–Trinajstić information content (AvgIpc) is 3.00. The van der Waals surface area contributed by atoms with Crippen LogP contribution in [-0.4, -0.2) is 44.4 Å². The van der Waals surface area contributed by atoms with Crippen LogP contribution < -0.4 is 30.3 Å². The van der Waals surface area contributed by atoms with Crippen LogP contribution in [0, 0.1) is 5.82 Å². The second-order valence-electron chi connectivity index (χ2n) is 9.35. The quantitative estimate of drug-likeness (QED) is 0.142. The Balaban J connectivity index is 1.34. The summed E-state index contributed by atoms with van der Waals surface area (Å²) in [7, 11) is 1.43. The molecule has 0 saturated carbocycles. The maximum atomic E-state index is 13.8. The summed E-state index contributed by atoms with van der Waals surface area (Å²) in [6.07, 6.45) is 1.45. The summed E-state index contributed by atoms with van der Waals surface area (Å²) in [6.45, 7) is 3.19. The molecule has 0 spiro atoms. The van der Waals surface area contributed by atoms with Crippen LogP contribution in [0.25, 0.3) is 0 Å². The number of rotatable bonds is 12. The van der Waals surface area contributed by atoms with Gasteiger partial charge < -0.3 is 29.6 Å². The molecule has 1 heterocycles. The van der Waals surface area contributed by atoms with Gasteiger partial charge in [-0.2, -0.15) is 5.10 Å². The monoisotopic (exact) mass is 668 g/mol. The van der Waals surface area contributed by atoms with Crippen molar-refractivity contribution in [3.05, 3.63) is 98.9 Å². The Morgan fingerprint density at radius 2 is 1.84 bits per heavy atom. The molecule has 44 heavy (non-hydrogen) atoms. The molecular formula is C31H30BrFN4O7. The number of halogens is 2. The van der Waals surface area contributed by atoms with E-state index in [1.54, 1.807) is 68.4 Å². The predicted molar refractivity (Wildman–Crippen MR) is 163 cm³/mol. The highest BCUT2D eigenvalue weighted by Gasteiger charge is 2.32. The summed E-state index contributed by atoms with van der Waals surface area (Å²) in [5.74, 6) is -0.348. The first-order chi connectivity index (χ1) is 21.2. The molecule has 0 aromatic heterocycles. The third-order valence-electron chi connectivity index (χ3n) is 6.34. The first-order valence-corrected chi connectivity index (χ1v) is 14.2. The highest BCUT2D eigenvalue weighted by atomic mass is 79.9. The van der Waals surface area contributed by atoms with E-state index in [1.165, 1.54) is 19.4 Å². The number of allylic oxidation sites excluding steroid dienone is 1. The third kappa shape index (κ3) is 8.13. The number of methoxy groups -OCH3 is 1. The topological polar surface area (TPSA) is 137 Å². The van der Waals surface area contributed by atoms with Gasteiger partial charge in [0.05, 0.1) is 36.0 Å². The summed E-state index contributed by atoms with van der Waals surface area (Å²) in [5, 5.41) is 9.27. The third-order valence-corrected chi connectivity index (χ3v) is 6.96. The minimum absolute atomic E-state index is 0.0717. The number of urea groups is 1. The Morgan fingerprint density at radius 1 is 1.07 bits per heavy atom. The lowest BCUT2D eigenvalue weighted by Gasteiger charge is -2.28. The molecule has 13 heteroatoms.